The quantitative estimate of drug-likeness (QED) is 0.662. The molecule has 1 amide bonds. The number of amides is 1. The van der Waals surface area contributed by atoms with Crippen molar-refractivity contribution in [3.8, 4) is 23.2 Å². The number of aromatic amines is 1. The number of carbonyl (C=O) groups excluding carboxylic acids is 1. The number of aryl methyl sites for hydroxylation is 1. The number of H-pyrrole nitrogens is 1. The van der Waals surface area contributed by atoms with Crippen molar-refractivity contribution in [2.75, 3.05) is 13.1 Å². The zero-order valence-electron chi connectivity index (χ0n) is 18.3. The van der Waals surface area contributed by atoms with Crippen molar-refractivity contribution in [3.05, 3.63) is 70.3 Å². The molecule has 0 unspecified atom stereocenters. The van der Waals surface area contributed by atoms with Crippen molar-refractivity contribution in [1.29, 1.82) is 5.26 Å². The Morgan fingerprint density at radius 1 is 1.19 bits per heavy atom. The maximum Gasteiger partial charge on any atom is 0.253 e. The molecule has 1 fully saturated rings. The van der Waals surface area contributed by atoms with Gasteiger partial charge in [-0.25, -0.2) is 0 Å². The average molecular weight is 415 g/mol. The van der Waals surface area contributed by atoms with Gasteiger partial charge in [0.15, 0.2) is 0 Å². The third kappa shape index (κ3) is 4.04. The van der Waals surface area contributed by atoms with Gasteiger partial charge in [0.05, 0.1) is 23.4 Å². The molecule has 2 aromatic carbocycles. The molecular formula is C25H26N4O2. The Labute approximate surface area is 182 Å². The first-order valence-corrected chi connectivity index (χ1v) is 10.5. The van der Waals surface area contributed by atoms with Crippen molar-refractivity contribution >= 4 is 5.91 Å². The largest absolute Gasteiger partial charge is 0.474 e. The molecule has 3 aromatic rings. The van der Waals surface area contributed by atoms with E-state index in [-0.39, 0.29) is 12.0 Å². The number of nitriles is 1. The predicted molar refractivity (Wildman–Crippen MR) is 119 cm³/mol. The summed E-state index contributed by atoms with van der Waals surface area (Å²) < 4.78 is 5.76. The Balaban J connectivity index is 1.50. The Morgan fingerprint density at radius 2 is 1.90 bits per heavy atom. The SMILES string of the molecule is Cc1ccc(C(=O)N2CC(c3ccc(C#N)cc3)C2)cc1-c1[nH]nc(OC(C)C)c1C. The molecule has 31 heavy (non-hydrogen) atoms. The number of ether oxygens (including phenoxy) is 1. The number of nitrogens with one attached hydrogen (secondary N) is 1. The number of carbonyl (C=O) groups is 1. The highest BCUT2D eigenvalue weighted by Crippen LogP contribution is 2.33. The first-order valence-electron chi connectivity index (χ1n) is 10.5. The highest BCUT2D eigenvalue weighted by Gasteiger charge is 2.32. The van der Waals surface area contributed by atoms with Crippen LogP contribution in [0.3, 0.4) is 0 Å². The summed E-state index contributed by atoms with van der Waals surface area (Å²) in [5, 5.41) is 16.3. The van der Waals surface area contributed by atoms with Crippen LogP contribution in [0.25, 0.3) is 11.3 Å². The molecule has 0 aliphatic carbocycles. The summed E-state index contributed by atoms with van der Waals surface area (Å²) in [6.07, 6.45) is 0.0410. The minimum atomic E-state index is 0.0296. The van der Waals surface area contributed by atoms with Crippen molar-refractivity contribution in [3.63, 3.8) is 0 Å². The Hall–Kier alpha value is -3.59. The summed E-state index contributed by atoms with van der Waals surface area (Å²) in [7, 11) is 0. The minimum Gasteiger partial charge on any atom is -0.474 e. The standard InChI is InChI=1S/C25H26N4O2/c1-15(2)31-24-17(4)23(27-28-24)22-11-20(8-5-16(22)3)25(30)29-13-21(14-29)19-9-6-18(12-26)7-10-19/h5-11,15,21H,13-14H2,1-4H3,(H,27,28). The summed E-state index contributed by atoms with van der Waals surface area (Å²) in [6.45, 7) is 9.30. The van der Waals surface area contributed by atoms with Crippen LogP contribution in [0, 0.1) is 25.2 Å². The molecule has 2 heterocycles. The minimum absolute atomic E-state index is 0.0296. The molecule has 1 aliphatic heterocycles. The van der Waals surface area contributed by atoms with Gasteiger partial charge in [0, 0.05) is 35.7 Å². The zero-order chi connectivity index (χ0) is 22.1. The topological polar surface area (TPSA) is 82.0 Å². The molecule has 1 aliphatic rings. The van der Waals surface area contributed by atoms with Crippen LogP contribution in [0.1, 0.15) is 52.4 Å². The Morgan fingerprint density at radius 3 is 2.55 bits per heavy atom. The summed E-state index contributed by atoms with van der Waals surface area (Å²) in [6, 6.07) is 15.5. The van der Waals surface area contributed by atoms with Gasteiger partial charge in [-0.15, -0.1) is 5.10 Å². The molecule has 1 N–H and O–H groups in total. The lowest BCUT2D eigenvalue weighted by Gasteiger charge is -2.39. The second-order valence-electron chi connectivity index (χ2n) is 8.37. The zero-order valence-corrected chi connectivity index (χ0v) is 18.3. The van der Waals surface area contributed by atoms with E-state index < -0.39 is 0 Å². The van der Waals surface area contributed by atoms with Crippen molar-refractivity contribution < 1.29 is 9.53 Å². The van der Waals surface area contributed by atoms with Gasteiger partial charge in [0.1, 0.15) is 0 Å². The number of rotatable bonds is 5. The van der Waals surface area contributed by atoms with E-state index in [1.807, 2.05) is 75.1 Å². The van der Waals surface area contributed by atoms with E-state index >= 15 is 0 Å². The predicted octanol–water partition coefficient (Wildman–Crippen LogP) is 4.59. The first kappa shape index (κ1) is 20.7. The van der Waals surface area contributed by atoms with Crippen LogP contribution in [0.5, 0.6) is 5.88 Å². The lowest BCUT2D eigenvalue weighted by Crippen LogP contribution is -2.48. The fourth-order valence-corrected chi connectivity index (χ4v) is 3.87. The van der Waals surface area contributed by atoms with Crippen LogP contribution in [-0.4, -0.2) is 40.2 Å². The first-order chi connectivity index (χ1) is 14.9. The van der Waals surface area contributed by atoms with Crippen LogP contribution in [0.15, 0.2) is 42.5 Å². The van der Waals surface area contributed by atoms with E-state index in [0.29, 0.717) is 36.0 Å². The van der Waals surface area contributed by atoms with Gasteiger partial charge in [-0.3, -0.25) is 9.89 Å². The van der Waals surface area contributed by atoms with Crippen molar-refractivity contribution in [1.82, 2.24) is 15.1 Å². The lowest BCUT2D eigenvalue weighted by atomic mass is 9.90. The van der Waals surface area contributed by atoms with Gasteiger partial charge in [-0.2, -0.15) is 5.26 Å². The fraction of sp³-hybridized carbons (Fsp3) is 0.320. The molecule has 6 heteroatoms. The monoisotopic (exact) mass is 414 g/mol. The van der Waals surface area contributed by atoms with Crippen LogP contribution >= 0.6 is 0 Å². The number of nitrogens with zero attached hydrogens (tertiary/aromatic N) is 3. The summed E-state index contributed by atoms with van der Waals surface area (Å²) >= 11 is 0. The second kappa shape index (κ2) is 8.27. The third-order valence-electron chi connectivity index (χ3n) is 5.75. The van der Waals surface area contributed by atoms with E-state index in [1.165, 1.54) is 5.56 Å². The van der Waals surface area contributed by atoms with Crippen molar-refractivity contribution in [2.45, 2.75) is 39.7 Å². The van der Waals surface area contributed by atoms with E-state index in [9.17, 15) is 4.79 Å². The van der Waals surface area contributed by atoms with Gasteiger partial charge >= 0.3 is 0 Å². The second-order valence-corrected chi connectivity index (χ2v) is 8.37. The number of benzene rings is 2. The molecule has 0 atom stereocenters. The molecule has 6 nitrogen and oxygen atoms in total. The molecule has 0 saturated carbocycles. The average Bonchev–Trinajstić information content (AvgIpc) is 3.07. The Bertz CT molecular complexity index is 1150. The normalized spacial score (nSPS) is 13.7. The smallest absolute Gasteiger partial charge is 0.253 e. The number of hydrogen-bond donors (Lipinski definition) is 1. The highest BCUT2D eigenvalue weighted by atomic mass is 16.5. The fourth-order valence-electron chi connectivity index (χ4n) is 3.87. The third-order valence-corrected chi connectivity index (χ3v) is 5.75. The molecule has 4 rings (SSSR count). The molecule has 158 valence electrons. The molecule has 1 saturated heterocycles. The van der Waals surface area contributed by atoms with Crippen LogP contribution in [0.4, 0.5) is 0 Å². The number of likely N-dealkylation sites (tertiary alicyclic amines) is 1. The van der Waals surface area contributed by atoms with Crippen LogP contribution < -0.4 is 4.74 Å². The van der Waals surface area contributed by atoms with Gasteiger partial charge in [0.2, 0.25) is 5.88 Å². The summed E-state index contributed by atoms with van der Waals surface area (Å²) in [5.41, 5.74) is 6.32. The van der Waals surface area contributed by atoms with E-state index in [4.69, 9.17) is 10.00 Å². The molecule has 1 aromatic heterocycles. The van der Waals surface area contributed by atoms with Gasteiger partial charge < -0.3 is 9.64 Å². The maximum atomic E-state index is 13.1. The lowest BCUT2D eigenvalue weighted by molar-refractivity contribution is 0.0602. The Kier molecular flexibility index (Phi) is 5.51. The van der Waals surface area contributed by atoms with Gasteiger partial charge in [0.25, 0.3) is 5.91 Å². The molecule has 0 radical (unpaired) electrons. The highest BCUT2D eigenvalue weighted by molar-refractivity contribution is 5.96. The number of aromatic nitrogens is 2. The van der Waals surface area contributed by atoms with E-state index in [1.54, 1.807) is 0 Å². The van der Waals surface area contributed by atoms with Crippen LogP contribution in [-0.2, 0) is 0 Å². The van der Waals surface area contributed by atoms with Crippen molar-refractivity contribution in [2.24, 2.45) is 0 Å². The maximum absolute atomic E-state index is 13.1. The van der Waals surface area contributed by atoms with Crippen LogP contribution in [0.2, 0.25) is 0 Å². The summed E-state index contributed by atoms with van der Waals surface area (Å²) in [5.74, 6) is 0.934. The van der Waals surface area contributed by atoms with E-state index in [2.05, 4.69) is 16.3 Å². The summed E-state index contributed by atoms with van der Waals surface area (Å²) in [4.78, 5) is 14.9. The van der Waals surface area contributed by atoms with Gasteiger partial charge in [-0.05, 0) is 63.1 Å². The molecule has 0 spiro atoms. The molecular weight excluding hydrogens is 388 g/mol. The van der Waals surface area contributed by atoms with Gasteiger partial charge in [-0.1, -0.05) is 18.2 Å². The molecule has 0 bridgehead atoms. The number of hydrogen-bond acceptors (Lipinski definition) is 4. The van der Waals surface area contributed by atoms with E-state index in [0.717, 1.165) is 22.4 Å².